The molecular formula is C19H14F9N5O2. The number of aryl methyl sites for hydroxylation is 1. The summed E-state index contributed by atoms with van der Waals surface area (Å²) in [5.74, 6) is -1.37. The quantitative estimate of drug-likeness (QED) is 0.345. The molecule has 0 fully saturated rings. The topological polar surface area (TPSA) is 83.3 Å². The fourth-order valence-corrected chi connectivity index (χ4v) is 3.07. The second-order valence-electron chi connectivity index (χ2n) is 7.27. The van der Waals surface area contributed by atoms with Gasteiger partial charge in [-0.25, -0.2) is 4.98 Å². The third kappa shape index (κ3) is 6.66. The highest BCUT2D eigenvalue weighted by Crippen LogP contribution is 2.38. The number of carbonyl (C=O) groups is 1. The second-order valence-corrected chi connectivity index (χ2v) is 7.27. The predicted molar refractivity (Wildman–Crippen MR) is 103 cm³/mol. The number of benzene rings is 1. The summed E-state index contributed by atoms with van der Waals surface area (Å²) in [7, 11) is 0. The number of nitrogens with zero attached hydrogens (tertiary/aromatic N) is 3. The monoisotopic (exact) mass is 515 g/mol. The number of halogens is 9. The van der Waals surface area contributed by atoms with E-state index in [1.807, 2.05) is 0 Å². The molecule has 3 aromatic rings. The number of fused-ring (bicyclic) bond motifs is 1. The average Bonchev–Trinajstić information content (AvgIpc) is 3.13. The van der Waals surface area contributed by atoms with Crippen LogP contribution < -0.4 is 15.8 Å². The van der Waals surface area contributed by atoms with Gasteiger partial charge in [-0.05, 0) is 31.2 Å². The van der Waals surface area contributed by atoms with Crippen molar-refractivity contribution in [2.75, 3.05) is 23.4 Å². The lowest BCUT2D eigenvalue weighted by Crippen LogP contribution is -2.40. The third-order valence-electron chi connectivity index (χ3n) is 4.47. The van der Waals surface area contributed by atoms with Gasteiger partial charge in [-0.1, -0.05) is 5.16 Å². The molecule has 0 saturated carbocycles. The first-order valence-electron chi connectivity index (χ1n) is 9.41. The Morgan fingerprint density at radius 2 is 1.63 bits per heavy atom. The Hall–Kier alpha value is -3.72. The molecule has 1 amide bonds. The zero-order valence-corrected chi connectivity index (χ0v) is 17.4. The molecule has 2 heterocycles. The van der Waals surface area contributed by atoms with Crippen LogP contribution in [0, 0.1) is 6.92 Å². The Kier molecular flexibility index (Phi) is 6.77. The summed E-state index contributed by atoms with van der Waals surface area (Å²) in [6, 6.07) is 2.62. The van der Waals surface area contributed by atoms with E-state index in [1.54, 1.807) is 0 Å². The molecule has 0 bridgehead atoms. The van der Waals surface area contributed by atoms with Crippen LogP contribution in [0.25, 0.3) is 10.9 Å². The van der Waals surface area contributed by atoms with Crippen LogP contribution in [0.2, 0.25) is 0 Å². The first-order chi connectivity index (χ1) is 16.0. The van der Waals surface area contributed by atoms with E-state index in [9.17, 15) is 44.3 Å². The smallest absolute Gasteiger partial charge is 0.364 e. The Balaban J connectivity index is 2.00. The van der Waals surface area contributed by atoms with E-state index in [0.29, 0.717) is 17.7 Å². The molecule has 0 atom stereocenters. The molecule has 0 radical (unpaired) electrons. The van der Waals surface area contributed by atoms with Crippen LogP contribution in [0.15, 0.2) is 35.1 Å². The number of nitrogens with one attached hydrogen (secondary N) is 2. The molecule has 0 unspecified atom stereocenters. The molecule has 1 aromatic carbocycles. The van der Waals surface area contributed by atoms with Gasteiger partial charge >= 0.3 is 18.5 Å². The van der Waals surface area contributed by atoms with Crippen molar-refractivity contribution in [3.8, 4) is 0 Å². The molecule has 0 aliphatic carbocycles. The van der Waals surface area contributed by atoms with Crippen molar-refractivity contribution in [3.05, 3.63) is 47.3 Å². The predicted octanol–water partition coefficient (Wildman–Crippen LogP) is 5.24. The highest BCUT2D eigenvalue weighted by atomic mass is 19.4. The van der Waals surface area contributed by atoms with Crippen molar-refractivity contribution in [2.45, 2.75) is 25.5 Å². The van der Waals surface area contributed by atoms with Crippen LogP contribution in [0.4, 0.5) is 51.0 Å². The molecule has 2 N–H and O–H groups in total. The zero-order chi connectivity index (χ0) is 26.2. The van der Waals surface area contributed by atoms with Gasteiger partial charge in [0.2, 0.25) is 0 Å². The lowest BCUT2D eigenvalue weighted by molar-refractivity contribution is -0.138. The maximum atomic E-state index is 13.7. The van der Waals surface area contributed by atoms with Crippen LogP contribution >= 0.6 is 0 Å². The summed E-state index contributed by atoms with van der Waals surface area (Å²) >= 11 is 0. The molecule has 0 aliphatic heterocycles. The Bertz CT molecular complexity index is 1200. The Labute approximate surface area is 189 Å². The standard InChI is InChI=1S/C19H14F9N5O2/c1-9-6-35-32-15(9)16(34)31-30-14-5-12(19(26,27)28)11-4-10(2-3-13(11)29-14)33(7-17(20,21)22)8-18(23,24)25/h2-6H,7-8H2,1H3,(H,29,30)(H,31,34). The number of anilines is 2. The lowest BCUT2D eigenvalue weighted by atomic mass is 10.1. The minimum absolute atomic E-state index is 0.133. The van der Waals surface area contributed by atoms with Crippen molar-refractivity contribution in [3.63, 3.8) is 0 Å². The highest BCUT2D eigenvalue weighted by Gasteiger charge is 2.38. The summed E-state index contributed by atoms with van der Waals surface area (Å²) in [6.45, 7) is -2.60. The van der Waals surface area contributed by atoms with Crippen molar-refractivity contribution >= 4 is 28.3 Å². The van der Waals surface area contributed by atoms with E-state index in [1.165, 1.54) is 6.92 Å². The number of hydrogen-bond acceptors (Lipinski definition) is 6. The van der Waals surface area contributed by atoms with Crippen molar-refractivity contribution < 1.29 is 48.8 Å². The average molecular weight is 515 g/mol. The molecule has 16 heteroatoms. The number of amides is 1. The van der Waals surface area contributed by atoms with Crippen LogP contribution in [0.1, 0.15) is 21.6 Å². The van der Waals surface area contributed by atoms with Crippen molar-refractivity contribution in [1.29, 1.82) is 0 Å². The molecule has 35 heavy (non-hydrogen) atoms. The summed E-state index contributed by atoms with van der Waals surface area (Å²) in [5.41, 5.74) is 1.86. The third-order valence-corrected chi connectivity index (χ3v) is 4.47. The summed E-state index contributed by atoms with van der Waals surface area (Å²) in [5, 5.41) is 2.68. The molecule has 7 nitrogen and oxygen atoms in total. The molecule has 3 rings (SSSR count). The van der Waals surface area contributed by atoms with Gasteiger partial charge in [0.15, 0.2) is 5.69 Å². The fourth-order valence-electron chi connectivity index (χ4n) is 3.07. The van der Waals surface area contributed by atoms with E-state index in [2.05, 4.69) is 25.5 Å². The number of alkyl halides is 9. The highest BCUT2D eigenvalue weighted by molar-refractivity contribution is 5.94. The van der Waals surface area contributed by atoms with Gasteiger partial charge in [0, 0.05) is 16.6 Å². The van der Waals surface area contributed by atoms with Gasteiger partial charge < -0.3 is 9.42 Å². The van der Waals surface area contributed by atoms with Gasteiger partial charge in [0.1, 0.15) is 25.2 Å². The Morgan fingerprint density at radius 3 is 2.14 bits per heavy atom. The summed E-state index contributed by atoms with van der Waals surface area (Å²) < 4.78 is 123. The first kappa shape index (κ1) is 25.9. The molecule has 190 valence electrons. The first-order valence-corrected chi connectivity index (χ1v) is 9.41. The number of pyridine rings is 1. The second kappa shape index (κ2) is 9.14. The van der Waals surface area contributed by atoms with E-state index in [-0.39, 0.29) is 10.6 Å². The molecule has 0 aliphatic rings. The van der Waals surface area contributed by atoms with Gasteiger partial charge in [0.05, 0.1) is 11.1 Å². The maximum Gasteiger partial charge on any atom is 0.417 e. The summed E-state index contributed by atoms with van der Waals surface area (Å²) in [6.07, 6.45) is -14.0. The minimum atomic E-state index is -5.07. The van der Waals surface area contributed by atoms with Crippen molar-refractivity contribution in [1.82, 2.24) is 15.6 Å². The van der Waals surface area contributed by atoms with Gasteiger partial charge in [-0.2, -0.15) is 39.5 Å². The van der Waals surface area contributed by atoms with E-state index in [0.717, 1.165) is 18.4 Å². The van der Waals surface area contributed by atoms with Crippen LogP contribution in [0.5, 0.6) is 0 Å². The van der Waals surface area contributed by atoms with E-state index >= 15 is 0 Å². The zero-order valence-electron chi connectivity index (χ0n) is 17.4. The number of hydrazine groups is 1. The molecule has 0 spiro atoms. The minimum Gasteiger partial charge on any atom is -0.364 e. The maximum absolute atomic E-state index is 13.7. The Morgan fingerprint density at radius 1 is 1.00 bits per heavy atom. The number of carbonyl (C=O) groups excluding carboxylic acids is 1. The largest absolute Gasteiger partial charge is 0.417 e. The van der Waals surface area contributed by atoms with E-state index < -0.39 is 65.5 Å². The SMILES string of the molecule is Cc1conc1C(=O)NNc1cc(C(F)(F)F)c2cc(N(CC(F)(F)F)CC(F)(F)F)ccc2n1. The lowest BCUT2D eigenvalue weighted by Gasteiger charge is -2.27. The normalized spacial score (nSPS) is 12.6. The molecule has 0 saturated heterocycles. The van der Waals surface area contributed by atoms with Crippen LogP contribution in [-0.2, 0) is 6.18 Å². The van der Waals surface area contributed by atoms with Crippen molar-refractivity contribution in [2.24, 2.45) is 0 Å². The van der Waals surface area contributed by atoms with Gasteiger partial charge in [0.25, 0.3) is 5.91 Å². The van der Waals surface area contributed by atoms with E-state index in [4.69, 9.17) is 0 Å². The van der Waals surface area contributed by atoms with Gasteiger partial charge in [-0.3, -0.25) is 15.6 Å². The van der Waals surface area contributed by atoms with Crippen LogP contribution in [0.3, 0.4) is 0 Å². The molecular weight excluding hydrogens is 501 g/mol. The number of aromatic nitrogens is 2. The van der Waals surface area contributed by atoms with Crippen LogP contribution in [-0.4, -0.2) is 41.5 Å². The number of rotatable bonds is 6. The molecule has 2 aromatic heterocycles. The van der Waals surface area contributed by atoms with Gasteiger partial charge in [-0.15, -0.1) is 0 Å². The number of hydrogen-bond donors (Lipinski definition) is 2. The fraction of sp³-hybridized carbons (Fsp3) is 0.316. The summed E-state index contributed by atoms with van der Waals surface area (Å²) in [4.78, 5) is 15.8.